The van der Waals surface area contributed by atoms with E-state index in [9.17, 15) is 24.1 Å². The van der Waals surface area contributed by atoms with E-state index in [1.165, 1.54) is 24.0 Å². The van der Waals surface area contributed by atoms with E-state index in [0.717, 1.165) is 18.2 Å². The van der Waals surface area contributed by atoms with Gasteiger partial charge in [0, 0.05) is 18.0 Å². The van der Waals surface area contributed by atoms with Gasteiger partial charge in [-0.1, -0.05) is 0 Å². The summed E-state index contributed by atoms with van der Waals surface area (Å²) in [6.45, 7) is -0.604. The second kappa shape index (κ2) is 8.20. The summed E-state index contributed by atoms with van der Waals surface area (Å²) >= 11 is 1.25. The molecule has 0 spiro atoms. The van der Waals surface area contributed by atoms with Gasteiger partial charge in [0.15, 0.2) is 6.61 Å². The van der Waals surface area contributed by atoms with Crippen molar-refractivity contribution in [2.24, 2.45) is 0 Å². The molecule has 130 valence electrons. The van der Waals surface area contributed by atoms with E-state index in [1.54, 1.807) is 12.3 Å². The summed E-state index contributed by atoms with van der Waals surface area (Å²) in [4.78, 5) is 37.5. The number of rotatable bonds is 6. The second-order valence-electron chi connectivity index (χ2n) is 4.61. The zero-order valence-electron chi connectivity index (χ0n) is 12.9. The number of esters is 1. The van der Waals surface area contributed by atoms with Crippen LogP contribution in [0.5, 0.6) is 0 Å². The number of nitro groups is 1. The van der Waals surface area contributed by atoms with Crippen molar-refractivity contribution in [3.8, 4) is 0 Å². The average Bonchev–Trinajstić information content (AvgIpc) is 2.61. The van der Waals surface area contributed by atoms with Crippen LogP contribution in [0.2, 0.25) is 0 Å². The van der Waals surface area contributed by atoms with Gasteiger partial charge in [-0.05, 0) is 30.5 Å². The minimum atomic E-state index is -1.02. The fraction of sp³-hybridized carbons (Fsp3) is 0.133. The first-order valence-electron chi connectivity index (χ1n) is 6.82. The number of nitro benzene ring substituents is 1. The topological polar surface area (TPSA) is 111 Å². The molecule has 8 nitrogen and oxygen atoms in total. The Morgan fingerprint density at radius 3 is 2.84 bits per heavy atom. The number of halogens is 1. The molecule has 1 amide bonds. The summed E-state index contributed by atoms with van der Waals surface area (Å²) in [6, 6.07) is 5.98. The SMILES string of the molecule is CSc1ncccc1C(=O)OCC(=O)Nc1ccc(F)c([N+](=O)[O-])c1. The normalized spacial score (nSPS) is 10.2. The largest absolute Gasteiger partial charge is 0.452 e. The van der Waals surface area contributed by atoms with Crippen LogP contribution in [0.3, 0.4) is 0 Å². The number of aromatic nitrogens is 1. The molecule has 0 saturated heterocycles. The Kier molecular flexibility index (Phi) is 6.01. The lowest BCUT2D eigenvalue weighted by molar-refractivity contribution is -0.387. The molecule has 1 heterocycles. The molecule has 0 bridgehead atoms. The van der Waals surface area contributed by atoms with Gasteiger partial charge in [-0.25, -0.2) is 9.78 Å². The molecule has 0 atom stereocenters. The van der Waals surface area contributed by atoms with Crippen molar-refractivity contribution in [3.63, 3.8) is 0 Å². The van der Waals surface area contributed by atoms with Crippen LogP contribution in [-0.4, -0.2) is 34.6 Å². The number of pyridine rings is 1. The van der Waals surface area contributed by atoms with Crippen LogP contribution >= 0.6 is 11.8 Å². The molecule has 1 aromatic heterocycles. The van der Waals surface area contributed by atoms with Gasteiger partial charge in [0.1, 0.15) is 5.03 Å². The van der Waals surface area contributed by atoms with Crippen molar-refractivity contribution in [1.29, 1.82) is 0 Å². The van der Waals surface area contributed by atoms with E-state index in [0.29, 0.717) is 5.03 Å². The quantitative estimate of drug-likeness (QED) is 0.362. The third-order valence-electron chi connectivity index (χ3n) is 2.95. The fourth-order valence-electron chi connectivity index (χ4n) is 1.85. The molecule has 0 aliphatic heterocycles. The highest BCUT2D eigenvalue weighted by atomic mass is 32.2. The molecule has 0 unspecified atom stereocenters. The molecule has 2 rings (SSSR count). The van der Waals surface area contributed by atoms with Gasteiger partial charge in [0.2, 0.25) is 5.82 Å². The van der Waals surface area contributed by atoms with Crippen molar-refractivity contribution in [2.45, 2.75) is 5.03 Å². The van der Waals surface area contributed by atoms with Crippen molar-refractivity contribution in [3.05, 3.63) is 58.0 Å². The number of nitrogens with zero attached hydrogens (tertiary/aromatic N) is 2. The minimum Gasteiger partial charge on any atom is -0.452 e. The van der Waals surface area contributed by atoms with Gasteiger partial charge in [-0.2, -0.15) is 4.39 Å². The molecule has 10 heteroatoms. The van der Waals surface area contributed by atoms with Gasteiger partial charge in [-0.3, -0.25) is 14.9 Å². The molecule has 0 saturated carbocycles. The van der Waals surface area contributed by atoms with E-state index < -0.39 is 34.9 Å². The summed E-state index contributed by atoms with van der Waals surface area (Å²) in [7, 11) is 0. The third-order valence-corrected chi connectivity index (χ3v) is 3.66. The summed E-state index contributed by atoms with van der Waals surface area (Å²) in [6.07, 6.45) is 3.27. The predicted octanol–water partition coefficient (Wildman–Crippen LogP) is 2.65. The predicted molar refractivity (Wildman–Crippen MR) is 88.0 cm³/mol. The van der Waals surface area contributed by atoms with Crippen molar-refractivity contribution in [1.82, 2.24) is 4.98 Å². The second-order valence-corrected chi connectivity index (χ2v) is 5.40. The van der Waals surface area contributed by atoms with E-state index >= 15 is 0 Å². The molecular weight excluding hydrogens is 353 g/mol. The molecular formula is C15H12FN3O5S. The Bertz CT molecular complexity index is 831. The first-order chi connectivity index (χ1) is 11.9. The van der Waals surface area contributed by atoms with E-state index in [2.05, 4.69) is 10.3 Å². The van der Waals surface area contributed by atoms with Crippen molar-refractivity contribution < 1.29 is 23.6 Å². The highest BCUT2D eigenvalue weighted by Crippen LogP contribution is 2.21. The Balaban J connectivity index is 1.98. The van der Waals surface area contributed by atoms with Gasteiger partial charge in [0.05, 0.1) is 10.5 Å². The molecule has 2 aromatic rings. The monoisotopic (exact) mass is 365 g/mol. The molecule has 0 radical (unpaired) electrons. The molecule has 0 aliphatic rings. The molecule has 0 fully saturated rings. The maximum atomic E-state index is 13.2. The summed E-state index contributed by atoms with van der Waals surface area (Å²) in [5.41, 5.74) is -0.532. The number of carbonyl (C=O) groups is 2. The first-order valence-corrected chi connectivity index (χ1v) is 8.04. The minimum absolute atomic E-state index is 0.0142. The average molecular weight is 365 g/mol. The first kappa shape index (κ1) is 18.3. The van der Waals surface area contributed by atoms with Crippen LogP contribution < -0.4 is 5.32 Å². The van der Waals surface area contributed by atoms with Crippen molar-refractivity contribution in [2.75, 3.05) is 18.2 Å². The van der Waals surface area contributed by atoms with Crippen LogP contribution in [0, 0.1) is 15.9 Å². The Hall–Kier alpha value is -3.01. The van der Waals surface area contributed by atoms with Gasteiger partial charge >= 0.3 is 11.7 Å². The molecule has 1 N–H and O–H groups in total. The third kappa shape index (κ3) is 4.73. The van der Waals surface area contributed by atoms with Gasteiger partial charge in [0.25, 0.3) is 5.91 Å². The number of ether oxygens (including phenoxy) is 1. The van der Waals surface area contributed by atoms with Crippen LogP contribution in [0.1, 0.15) is 10.4 Å². The maximum absolute atomic E-state index is 13.2. The van der Waals surface area contributed by atoms with Crippen LogP contribution in [0.4, 0.5) is 15.8 Å². The maximum Gasteiger partial charge on any atom is 0.341 e. The summed E-state index contributed by atoms with van der Waals surface area (Å²) < 4.78 is 18.1. The fourth-order valence-corrected chi connectivity index (χ4v) is 2.38. The lowest BCUT2D eigenvalue weighted by atomic mass is 10.2. The van der Waals surface area contributed by atoms with Crippen molar-refractivity contribution >= 4 is 35.0 Å². The van der Waals surface area contributed by atoms with E-state index in [1.807, 2.05) is 0 Å². The summed E-state index contributed by atoms with van der Waals surface area (Å²) in [5, 5.41) is 13.4. The Morgan fingerprint density at radius 1 is 1.40 bits per heavy atom. The lowest BCUT2D eigenvalue weighted by Crippen LogP contribution is -2.21. The van der Waals surface area contributed by atoms with Crippen LogP contribution in [-0.2, 0) is 9.53 Å². The lowest BCUT2D eigenvalue weighted by Gasteiger charge is -2.08. The number of hydrogen-bond acceptors (Lipinski definition) is 7. The molecule has 0 aliphatic carbocycles. The zero-order chi connectivity index (χ0) is 18.4. The standard InChI is InChI=1S/C15H12FN3O5S/c1-25-14-10(3-2-6-17-14)15(21)24-8-13(20)18-9-4-5-11(16)12(7-9)19(22)23/h2-7H,8H2,1H3,(H,18,20). The smallest absolute Gasteiger partial charge is 0.341 e. The van der Waals surface area contributed by atoms with Gasteiger partial charge < -0.3 is 10.1 Å². The zero-order valence-corrected chi connectivity index (χ0v) is 13.7. The van der Waals surface area contributed by atoms with E-state index in [-0.39, 0.29) is 11.3 Å². The molecule has 25 heavy (non-hydrogen) atoms. The van der Waals surface area contributed by atoms with E-state index in [4.69, 9.17) is 4.74 Å². The highest BCUT2D eigenvalue weighted by molar-refractivity contribution is 7.98. The number of thioether (sulfide) groups is 1. The number of anilines is 1. The number of carbonyl (C=O) groups excluding carboxylic acids is 2. The number of nitrogens with one attached hydrogen (secondary N) is 1. The Labute approximate surface area is 145 Å². The van der Waals surface area contributed by atoms with Gasteiger partial charge in [-0.15, -0.1) is 11.8 Å². The number of amides is 1. The number of hydrogen-bond donors (Lipinski definition) is 1. The molecule has 1 aromatic carbocycles. The van der Waals surface area contributed by atoms with Crippen LogP contribution in [0.15, 0.2) is 41.6 Å². The summed E-state index contributed by atoms with van der Waals surface area (Å²) in [5.74, 6) is -2.46. The Morgan fingerprint density at radius 2 is 2.16 bits per heavy atom. The van der Waals surface area contributed by atoms with Crippen LogP contribution in [0.25, 0.3) is 0 Å². The number of benzene rings is 1. The highest BCUT2D eigenvalue weighted by Gasteiger charge is 2.17.